The fraction of sp³-hybridized carbons (Fsp3) is 0.300. The number of hydrazone groups is 1. The first-order valence-electron chi connectivity index (χ1n) is 9.16. The zero-order valence-corrected chi connectivity index (χ0v) is 15.5. The molecule has 1 aliphatic rings. The molecule has 0 radical (unpaired) electrons. The number of carbonyl (C=O) groups excluding carboxylic acids is 1. The summed E-state index contributed by atoms with van der Waals surface area (Å²) in [5, 5.41) is 15.9. The molecule has 27 heavy (non-hydrogen) atoms. The van der Waals surface area contributed by atoms with Crippen molar-refractivity contribution in [1.29, 1.82) is 0 Å². The minimum Gasteiger partial charge on any atom is -0.281 e. The smallest absolute Gasteiger partial charge is 0.281 e. The lowest BCUT2D eigenvalue weighted by Crippen LogP contribution is -2.20. The number of amides is 1. The van der Waals surface area contributed by atoms with Crippen molar-refractivity contribution >= 4 is 12.1 Å². The summed E-state index contributed by atoms with van der Waals surface area (Å²) in [6.07, 6.45) is 5.72. The maximum Gasteiger partial charge on any atom is 0.292 e. The second-order valence-corrected chi connectivity index (χ2v) is 6.77. The quantitative estimate of drug-likeness (QED) is 0.552. The van der Waals surface area contributed by atoms with E-state index < -0.39 is 0 Å². The van der Waals surface area contributed by atoms with Gasteiger partial charge in [0.05, 0.1) is 23.3 Å². The van der Waals surface area contributed by atoms with Gasteiger partial charge >= 0.3 is 0 Å². The van der Waals surface area contributed by atoms with Crippen LogP contribution in [-0.4, -0.2) is 32.1 Å². The summed E-state index contributed by atoms with van der Waals surface area (Å²) in [5.74, 6) is -0.281. The van der Waals surface area contributed by atoms with Crippen LogP contribution >= 0.6 is 0 Å². The largest absolute Gasteiger partial charge is 0.292 e. The van der Waals surface area contributed by atoms with Crippen LogP contribution in [-0.2, 0) is 12.8 Å². The van der Waals surface area contributed by atoms with Gasteiger partial charge in [0.1, 0.15) is 0 Å². The van der Waals surface area contributed by atoms with E-state index in [2.05, 4.69) is 25.8 Å². The molecule has 0 saturated heterocycles. The Hall–Kier alpha value is -3.22. The topological polar surface area (TPSA) is 88.0 Å². The van der Waals surface area contributed by atoms with Crippen LogP contribution in [0.5, 0.6) is 0 Å². The summed E-state index contributed by atoms with van der Waals surface area (Å²) in [4.78, 5) is 12.4. The number of aromatic nitrogens is 4. The van der Waals surface area contributed by atoms with E-state index in [1.165, 1.54) is 0 Å². The average Bonchev–Trinajstić information content (AvgIpc) is 3.24. The first-order valence-corrected chi connectivity index (χ1v) is 9.16. The number of fused-ring (bicyclic) bond motifs is 1. The Morgan fingerprint density at radius 2 is 2.00 bits per heavy atom. The molecule has 0 aliphatic heterocycles. The zero-order valence-electron chi connectivity index (χ0n) is 15.5. The van der Waals surface area contributed by atoms with E-state index in [-0.39, 0.29) is 5.91 Å². The van der Waals surface area contributed by atoms with Crippen LogP contribution in [0.3, 0.4) is 0 Å². The third kappa shape index (κ3) is 3.28. The Morgan fingerprint density at radius 1 is 1.22 bits per heavy atom. The minimum atomic E-state index is -0.281. The van der Waals surface area contributed by atoms with Gasteiger partial charge in [0.15, 0.2) is 5.69 Å². The molecule has 7 nitrogen and oxygen atoms in total. The van der Waals surface area contributed by atoms with Gasteiger partial charge in [-0.2, -0.15) is 15.3 Å². The van der Waals surface area contributed by atoms with Crippen molar-refractivity contribution in [3.05, 3.63) is 64.2 Å². The van der Waals surface area contributed by atoms with Crippen molar-refractivity contribution in [2.24, 2.45) is 5.10 Å². The number of para-hydroxylation sites is 1. The number of aromatic amines is 1. The Kier molecular flexibility index (Phi) is 4.58. The lowest BCUT2D eigenvalue weighted by atomic mass is 9.96. The summed E-state index contributed by atoms with van der Waals surface area (Å²) in [6, 6.07) is 9.93. The lowest BCUT2D eigenvalue weighted by Gasteiger charge is -2.10. The first kappa shape index (κ1) is 17.2. The molecule has 1 aromatic carbocycles. The third-order valence-electron chi connectivity index (χ3n) is 4.98. The molecule has 1 aliphatic carbocycles. The van der Waals surface area contributed by atoms with Gasteiger partial charge in [0.25, 0.3) is 5.91 Å². The van der Waals surface area contributed by atoms with Gasteiger partial charge in [-0.05, 0) is 51.7 Å². The molecule has 3 aromatic rings. The minimum absolute atomic E-state index is 0.281. The Balaban J connectivity index is 1.51. The van der Waals surface area contributed by atoms with Crippen LogP contribution in [0.1, 0.15) is 51.5 Å². The maximum atomic E-state index is 12.4. The number of hydrogen-bond acceptors (Lipinski definition) is 4. The molecule has 2 heterocycles. The Morgan fingerprint density at radius 3 is 2.81 bits per heavy atom. The first-order chi connectivity index (χ1) is 13.1. The number of carbonyl (C=O) groups is 1. The molecule has 7 heteroatoms. The van der Waals surface area contributed by atoms with E-state index in [0.29, 0.717) is 5.69 Å². The molecule has 2 aromatic heterocycles. The molecule has 0 spiro atoms. The van der Waals surface area contributed by atoms with E-state index >= 15 is 0 Å². The fourth-order valence-corrected chi connectivity index (χ4v) is 3.54. The van der Waals surface area contributed by atoms with Crippen molar-refractivity contribution in [1.82, 2.24) is 25.4 Å². The summed E-state index contributed by atoms with van der Waals surface area (Å²) in [6.45, 7) is 3.92. The molecular formula is C20H22N6O. The number of benzene rings is 1. The lowest BCUT2D eigenvalue weighted by molar-refractivity contribution is 0.0949. The van der Waals surface area contributed by atoms with Crippen molar-refractivity contribution in [2.45, 2.75) is 39.5 Å². The number of hydrogen-bond donors (Lipinski definition) is 2. The van der Waals surface area contributed by atoms with Crippen molar-refractivity contribution < 1.29 is 4.79 Å². The second kappa shape index (κ2) is 7.19. The van der Waals surface area contributed by atoms with Crippen LogP contribution in [0.25, 0.3) is 5.69 Å². The molecule has 0 fully saturated rings. The fourth-order valence-electron chi connectivity index (χ4n) is 3.54. The second-order valence-electron chi connectivity index (χ2n) is 6.77. The van der Waals surface area contributed by atoms with Gasteiger partial charge in [0.2, 0.25) is 0 Å². The van der Waals surface area contributed by atoms with Crippen LogP contribution < -0.4 is 5.43 Å². The summed E-state index contributed by atoms with van der Waals surface area (Å²) in [5.41, 5.74) is 8.86. The molecule has 0 saturated carbocycles. The summed E-state index contributed by atoms with van der Waals surface area (Å²) < 4.78 is 1.88. The van der Waals surface area contributed by atoms with Gasteiger partial charge in [-0.25, -0.2) is 10.1 Å². The highest BCUT2D eigenvalue weighted by molar-refractivity contribution is 5.95. The number of nitrogens with one attached hydrogen (secondary N) is 2. The maximum absolute atomic E-state index is 12.4. The van der Waals surface area contributed by atoms with Gasteiger partial charge in [-0.3, -0.25) is 9.89 Å². The predicted octanol–water partition coefficient (Wildman–Crippen LogP) is 2.85. The van der Waals surface area contributed by atoms with E-state index in [0.717, 1.165) is 59.6 Å². The predicted molar refractivity (Wildman–Crippen MR) is 103 cm³/mol. The van der Waals surface area contributed by atoms with Crippen molar-refractivity contribution in [2.75, 3.05) is 0 Å². The molecule has 138 valence electrons. The SMILES string of the molecule is Cc1nn(-c2ccccc2)c(C)c1/C=N/NC(=O)c1n[nH]c2c1CCCC2. The normalized spacial score (nSPS) is 13.7. The van der Waals surface area contributed by atoms with Crippen LogP contribution in [0.4, 0.5) is 0 Å². The third-order valence-corrected chi connectivity index (χ3v) is 4.98. The molecule has 4 rings (SSSR count). The Labute approximate surface area is 157 Å². The number of aryl methyl sites for hydroxylation is 2. The summed E-state index contributed by atoms with van der Waals surface area (Å²) in [7, 11) is 0. The number of H-pyrrole nitrogens is 1. The molecule has 2 N–H and O–H groups in total. The zero-order chi connectivity index (χ0) is 18.8. The van der Waals surface area contributed by atoms with Gasteiger partial charge in [-0.1, -0.05) is 18.2 Å². The highest BCUT2D eigenvalue weighted by Gasteiger charge is 2.21. The van der Waals surface area contributed by atoms with Crippen LogP contribution in [0.2, 0.25) is 0 Å². The molecule has 0 bridgehead atoms. The van der Waals surface area contributed by atoms with E-state index in [1.807, 2.05) is 48.9 Å². The molecule has 1 amide bonds. The molecule has 0 atom stereocenters. The monoisotopic (exact) mass is 362 g/mol. The van der Waals surface area contributed by atoms with E-state index in [4.69, 9.17) is 0 Å². The van der Waals surface area contributed by atoms with Gasteiger partial charge in [0, 0.05) is 16.8 Å². The van der Waals surface area contributed by atoms with E-state index in [9.17, 15) is 4.79 Å². The van der Waals surface area contributed by atoms with Gasteiger partial charge in [-0.15, -0.1) is 0 Å². The van der Waals surface area contributed by atoms with Crippen molar-refractivity contribution in [3.63, 3.8) is 0 Å². The number of rotatable bonds is 4. The standard InChI is InChI=1S/C20H22N6O/c1-13-17(14(2)26(25-13)15-8-4-3-5-9-15)12-21-24-20(27)19-16-10-6-7-11-18(16)22-23-19/h3-5,8-9,12H,6-7,10-11H2,1-2H3,(H,22,23)(H,24,27)/b21-12+. The average molecular weight is 362 g/mol. The summed E-state index contributed by atoms with van der Waals surface area (Å²) >= 11 is 0. The molecular weight excluding hydrogens is 340 g/mol. The van der Waals surface area contributed by atoms with Crippen LogP contribution in [0, 0.1) is 13.8 Å². The number of nitrogens with zero attached hydrogens (tertiary/aromatic N) is 4. The highest BCUT2D eigenvalue weighted by Crippen LogP contribution is 2.22. The van der Waals surface area contributed by atoms with E-state index in [1.54, 1.807) is 6.21 Å². The van der Waals surface area contributed by atoms with Crippen LogP contribution in [0.15, 0.2) is 35.4 Å². The Bertz CT molecular complexity index is 999. The van der Waals surface area contributed by atoms with Crippen molar-refractivity contribution in [3.8, 4) is 5.69 Å². The van der Waals surface area contributed by atoms with Gasteiger partial charge < -0.3 is 0 Å². The molecule has 0 unspecified atom stereocenters. The highest BCUT2D eigenvalue weighted by atomic mass is 16.2.